The van der Waals surface area contributed by atoms with E-state index in [1.165, 1.54) is 29.5 Å². The third kappa shape index (κ3) is 3.73. The van der Waals surface area contributed by atoms with E-state index >= 15 is 0 Å². The Morgan fingerprint density at radius 2 is 1.85 bits per heavy atom. The summed E-state index contributed by atoms with van der Waals surface area (Å²) < 4.78 is 5.46. The molecule has 1 fully saturated rings. The molecule has 1 atom stereocenters. The maximum absolute atomic E-state index is 12.7. The van der Waals surface area contributed by atoms with Crippen molar-refractivity contribution in [2.24, 2.45) is 0 Å². The van der Waals surface area contributed by atoms with Crippen LogP contribution in [0.2, 0.25) is 0 Å². The molecule has 2 aromatic carbocycles. The molecule has 6 rings (SSSR count). The highest BCUT2D eigenvalue weighted by Crippen LogP contribution is 2.52. The van der Waals surface area contributed by atoms with Gasteiger partial charge in [0.2, 0.25) is 0 Å². The Balaban J connectivity index is 1.23. The second-order valence-corrected chi connectivity index (χ2v) is 10.5. The molecular weight excluding hydrogens is 420 g/mol. The first-order valence-electron chi connectivity index (χ1n) is 12.9. The first-order valence-corrected chi connectivity index (χ1v) is 12.9. The molecule has 1 saturated heterocycles. The van der Waals surface area contributed by atoms with Crippen LogP contribution in [0.25, 0.3) is 0 Å². The minimum absolute atomic E-state index is 0.136. The lowest BCUT2D eigenvalue weighted by Gasteiger charge is -2.41. The lowest BCUT2D eigenvalue weighted by molar-refractivity contribution is 0.313. The van der Waals surface area contributed by atoms with Crippen LogP contribution in [0.1, 0.15) is 65.8 Å². The minimum Gasteiger partial charge on any atom is -0.497 e. The number of nitrogens with zero attached hydrogens (tertiary/aromatic N) is 1. The van der Waals surface area contributed by atoms with Crippen molar-refractivity contribution in [3.05, 3.63) is 92.8 Å². The number of aromatic amines is 1. The number of hydrogen-bond donors (Lipinski definition) is 1. The number of H-pyrrole nitrogens is 1. The van der Waals surface area contributed by atoms with Gasteiger partial charge < -0.3 is 14.6 Å². The van der Waals surface area contributed by atoms with Gasteiger partial charge in [-0.15, -0.1) is 0 Å². The number of nitrogens with one attached hydrogen (secondary N) is 1. The summed E-state index contributed by atoms with van der Waals surface area (Å²) in [7, 11) is 1.74. The monoisotopic (exact) mass is 454 g/mol. The van der Waals surface area contributed by atoms with Crippen molar-refractivity contribution in [1.29, 1.82) is 0 Å². The van der Waals surface area contributed by atoms with Gasteiger partial charge in [-0.3, -0.25) is 4.79 Å². The highest BCUT2D eigenvalue weighted by Gasteiger charge is 2.45. The number of aryl methyl sites for hydroxylation is 1. The van der Waals surface area contributed by atoms with Crippen molar-refractivity contribution in [3.63, 3.8) is 0 Å². The Morgan fingerprint density at radius 3 is 2.71 bits per heavy atom. The van der Waals surface area contributed by atoms with Crippen LogP contribution in [0.5, 0.6) is 5.75 Å². The van der Waals surface area contributed by atoms with Gasteiger partial charge in [0.1, 0.15) is 11.6 Å². The van der Waals surface area contributed by atoms with Gasteiger partial charge in [-0.1, -0.05) is 36.4 Å². The highest BCUT2D eigenvalue weighted by atomic mass is 16.5. The lowest BCUT2D eigenvalue weighted by Crippen LogP contribution is -2.42. The van der Waals surface area contributed by atoms with Gasteiger partial charge >= 0.3 is 0 Å². The molecule has 34 heavy (non-hydrogen) atoms. The third-order valence-electron chi connectivity index (χ3n) is 8.62. The van der Waals surface area contributed by atoms with E-state index in [4.69, 9.17) is 4.74 Å². The Kier molecular flexibility index (Phi) is 5.47. The average molecular weight is 455 g/mol. The fraction of sp³-hybridized carbons (Fsp3) is 0.433. The molecule has 0 radical (unpaired) electrons. The molecule has 1 spiro atoms. The Hall–Kier alpha value is -3.01. The van der Waals surface area contributed by atoms with Crippen LogP contribution in [0.3, 0.4) is 0 Å². The molecular formula is C30H34N2O2. The average Bonchev–Trinajstić information content (AvgIpc) is 3.17. The molecule has 0 amide bonds. The van der Waals surface area contributed by atoms with Gasteiger partial charge in [-0.25, -0.2) is 0 Å². The topological polar surface area (TPSA) is 45.3 Å². The summed E-state index contributed by atoms with van der Waals surface area (Å²) >= 11 is 0. The van der Waals surface area contributed by atoms with Crippen LogP contribution < -0.4 is 15.2 Å². The second kappa shape index (κ2) is 8.65. The molecule has 1 aliphatic heterocycles. The quantitative estimate of drug-likeness (QED) is 0.564. The van der Waals surface area contributed by atoms with E-state index in [1.54, 1.807) is 12.7 Å². The van der Waals surface area contributed by atoms with Gasteiger partial charge in [0.05, 0.1) is 7.11 Å². The summed E-state index contributed by atoms with van der Waals surface area (Å²) in [6.07, 6.45) is 8.84. The van der Waals surface area contributed by atoms with E-state index < -0.39 is 0 Å². The predicted octanol–water partition coefficient (Wildman–Crippen LogP) is 5.53. The van der Waals surface area contributed by atoms with E-state index in [0.717, 1.165) is 68.7 Å². The fourth-order valence-electron chi connectivity index (χ4n) is 6.85. The number of benzene rings is 2. The number of anilines is 1. The Morgan fingerprint density at radius 1 is 1.03 bits per heavy atom. The van der Waals surface area contributed by atoms with Gasteiger partial charge in [-0.2, -0.15) is 0 Å². The van der Waals surface area contributed by atoms with Gasteiger partial charge in [0, 0.05) is 18.7 Å². The standard InChI is InChI=1S/C30H34N2O2/c1-34-24-9-6-7-21(18-24)17-23-20-30(27-12-5-4-10-25(23)27)13-15-32(16-14-30)28-19-22-8-2-3-11-26(22)29(33)31-28/h4-7,9-10,12,18-19,23H,2-3,8,11,13-17,20H2,1H3,(H,31,33). The van der Waals surface area contributed by atoms with Crippen LogP contribution in [-0.2, 0) is 24.7 Å². The van der Waals surface area contributed by atoms with Crippen LogP contribution in [0, 0.1) is 0 Å². The number of rotatable bonds is 4. The van der Waals surface area contributed by atoms with E-state index in [-0.39, 0.29) is 11.0 Å². The minimum atomic E-state index is 0.136. The van der Waals surface area contributed by atoms with Crippen molar-refractivity contribution in [2.45, 2.75) is 62.7 Å². The number of pyridine rings is 1. The SMILES string of the molecule is COc1cccc(CC2CC3(CCN(c4cc5c(c(=O)[nH]4)CCCC5)CC3)c3ccccc32)c1. The molecule has 2 aliphatic carbocycles. The molecule has 0 saturated carbocycles. The number of ether oxygens (including phenoxy) is 1. The predicted molar refractivity (Wildman–Crippen MR) is 137 cm³/mol. The largest absolute Gasteiger partial charge is 0.497 e. The first kappa shape index (κ1) is 21.5. The van der Waals surface area contributed by atoms with Gasteiger partial charge in [0.25, 0.3) is 5.56 Å². The molecule has 4 heteroatoms. The van der Waals surface area contributed by atoms with Crippen molar-refractivity contribution >= 4 is 5.82 Å². The first-order chi connectivity index (χ1) is 16.6. The highest BCUT2D eigenvalue weighted by molar-refractivity contribution is 5.49. The molecule has 0 bridgehead atoms. The number of piperidine rings is 1. The molecule has 4 nitrogen and oxygen atoms in total. The van der Waals surface area contributed by atoms with E-state index in [9.17, 15) is 4.79 Å². The third-order valence-corrected chi connectivity index (χ3v) is 8.62. The number of hydrogen-bond acceptors (Lipinski definition) is 3. The zero-order chi connectivity index (χ0) is 23.1. The van der Waals surface area contributed by atoms with Crippen LogP contribution in [0.15, 0.2) is 59.4 Å². The van der Waals surface area contributed by atoms with Crippen LogP contribution in [-0.4, -0.2) is 25.2 Å². The maximum atomic E-state index is 12.7. The second-order valence-electron chi connectivity index (χ2n) is 10.5. The van der Waals surface area contributed by atoms with Crippen molar-refractivity contribution in [1.82, 2.24) is 4.98 Å². The summed E-state index contributed by atoms with van der Waals surface area (Å²) in [5.74, 6) is 2.50. The molecule has 1 aromatic heterocycles. The Labute approximate surface area is 202 Å². The van der Waals surface area contributed by atoms with E-state index in [2.05, 4.69) is 58.4 Å². The van der Waals surface area contributed by atoms with Crippen LogP contribution in [0.4, 0.5) is 5.82 Å². The van der Waals surface area contributed by atoms with Gasteiger partial charge in [-0.05, 0) is 103 Å². The molecule has 1 N–H and O–H groups in total. The molecule has 3 aromatic rings. The zero-order valence-electron chi connectivity index (χ0n) is 20.1. The van der Waals surface area contributed by atoms with Gasteiger partial charge in [0.15, 0.2) is 0 Å². The normalized spacial score (nSPS) is 20.7. The van der Waals surface area contributed by atoms with Crippen molar-refractivity contribution < 1.29 is 4.74 Å². The fourth-order valence-corrected chi connectivity index (χ4v) is 6.85. The van der Waals surface area contributed by atoms with Crippen molar-refractivity contribution in [3.8, 4) is 5.75 Å². The number of fused-ring (bicyclic) bond motifs is 3. The lowest BCUT2D eigenvalue weighted by atomic mass is 9.73. The number of aromatic nitrogens is 1. The molecule has 176 valence electrons. The van der Waals surface area contributed by atoms with Crippen LogP contribution >= 0.6 is 0 Å². The number of methoxy groups -OCH3 is 1. The van der Waals surface area contributed by atoms with Crippen molar-refractivity contribution in [2.75, 3.05) is 25.1 Å². The maximum Gasteiger partial charge on any atom is 0.252 e. The Bertz CT molecular complexity index is 1250. The summed E-state index contributed by atoms with van der Waals surface area (Å²) in [5, 5.41) is 0. The van der Waals surface area contributed by atoms with E-state index in [1.807, 2.05) is 6.07 Å². The zero-order valence-corrected chi connectivity index (χ0v) is 20.1. The summed E-state index contributed by atoms with van der Waals surface area (Å²) in [5.41, 5.74) is 7.11. The summed E-state index contributed by atoms with van der Waals surface area (Å²) in [6, 6.07) is 19.9. The molecule has 2 heterocycles. The molecule has 1 unspecified atom stereocenters. The summed E-state index contributed by atoms with van der Waals surface area (Å²) in [4.78, 5) is 18.3. The molecule has 3 aliphatic rings. The smallest absolute Gasteiger partial charge is 0.252 e. The summed E-state index contributed by atoms with van der Waals surface area (Å²) in [6.45, 7) is 1.99. The van der Waals surface area contributed by atoms with E-state index in [0.29, 0.717) is 5.92 Å².